The molecule has 1 fully saturated rings. The summed E-state index contributed by atoms with van der Waals surface area (Å²) >= 11 is 1.79. The van der Waals surface area contributed by atoms with Crippen molar-refractivity contribution in [3.63, 3.8) is 0 Å². The number of fused-ring (bicyclic) bond motifs is 1. The Hall–Kier alpha value is -2.95. The Kier molecular flexibility index (Phi) is 6.80. The van der Waals surface area contributed by atoms with Crippen molar-refractivity contribution in [2.45, 2.75) is 12.2 Å². The quantitative estimate of drug-likeness (QED) is 0.398. The van der Waals surface area contributed by atoms with Gasteiger partial charge in [0.2, 0.25) is 0 Å². The topological polar surface area (TPSA) is 77.4 Å². The standard InChI is InChI=1S/C24H29FN8S/c1-17-16-21(29-28-17)26-23-20-4-3-9-33(20)30-24(27-23)22(18-5-7-19(25)8-6-18)34-15-14-32-12-10-31(2)11-13-32/h3-9,16,22H,10-15H2,1-2H3,(H2,26,27,28,29,30). The molecule has 0 bridgehead atoms. The number of hydrogen-bond acceptors (Lipinski definition) is 7. The average Bonchev–Trinajstić information content (AvgIpc) is 3.47. The first-order valence-corrected chi connectivity index (χ1v) is 12.5. The number of aromatic amines is 1. The number of H-pyrrole nitrogens is 1. The predicted octanol–water partition coefficient (Wildman–Crippen LogP) is 3.71. The molecule has 1 saturated heterocycles. The summed E-state index contributed by atoms with van der Waals surface area (Å²) < 4.78 is 15.5. The van der Waals surface area contributed by atoms with Crippen LogP contribution in [-0.4, -0.2) is 80.1 Å². The zero-order chi connectivity index (χ0) is 23.5. The minimum atomic E-state index is -0.247. The molecule has 8 nitrogen and oxygen atoms in total. The molecule has 0 amide bonds. The van der Waals surface area contributed by atoms with Crippen molar-refractivity contribution >= 4 is 28.9 Å². The van der Waals surface area contributed by atoms with E-state index in [0.717, 1.165) is 55.3 Å². The van der Waals surface area contributed by atoms with Gasteiger partial charge in [-0.3, -0.25) is 10.00 Å². The highest BCUT2D eigenvalue weighted by Crippen LogP contribution is 2.35. The largest absolute Gasteiger partial charge is 0.322 e. The van der Waals surface area contributed by atoms with Crippen LogP contribution in [0.4, 0.5) is 16.0 Å². The molecule has 1 unspecified atom stereocenters. The Morgan fingerprint density at radius 3 is 2.68 bits per heavy atom. The van der Waals surface area contributed by atoms with Crippen molar-refractivity contribution in [2.75, 3.05) is 50.8 Å². The van der Waals surface area contributed by atoms with Crippen LogP contribution < -0.4 is 5.32 Å². The summed E-state index contributed by atoms with van der Waals surface area (Å²) in [5.41, 5.74) is 2.81. The molecule has 1 aliphatic rings. The second-order valence-corrected chi connectivity index (χ2v) is 9.88. The van der Waals surface area contributed by atoms with E-state index in [9.17, 15) is 4.39 Å². The van der Waals surface area contributed by atoms with E-state index < -0.39 is 0 Å². The molecule has 0 spiro atoms. The summed E-state index contributed by atoms with van der Waals surface area (Å²) in [6.45, 7) is 7.32. The third kappa shape index (κ3) is 5.24. The van der Waals surface area contributed by atoms with Gasteiger partial charge in [0.1, 0.15) is 11.3 Å². The summed E-state index contributed by atoms with van der Waals surface area (Å²) in [7, 11) is 2.17. The highest BCUT2D eigenvalue weighted by atomic mass is 32.2. The highest BCUT2D eigenvalue weighted by Gasteiger charge is 2.22. The van der Waals surface area contributed by atoms with E-state index in [2.05, 4.69) is 32.4 Å². The van der Waals surface area contributed by atoms with Crippen LogP contribution in [0.25, 0.3) is 5.52 Å². The molecule has 4 aromatic rings. The molecular formula is C24H29FN8S. The van der Waals surface area contributed by atoms with E-state index in [0.29, 0.717) is 17.5 Å². The number of thioether (sulfide) groups is 1. The maximum absolute atomic E-state index is 13.7. The van der Waals surface area contributed by atoms with Crippen molar-refractivity contribution in [2.24, 2.45) is 0 Å². The van der Waals surface area contributed by atoms with Gasteiger partial charge in [-0.05, 0) is 43.8 Å². The fourth-order valence-electron chi connectivity index (χ4n) is 4.09. The number of likely N-dealkylation sites (N-methyl/N-ethyl adjacent to an activating group) is 1. The zero-order valence-electron chi connectivity index (χ0n) is 19.4. The van der Waals surface area contributed by atoms with E-state index in [1.165, 1.54) is 12.1 Å². The smallest absolute Gasteiger partial charge is 0.169 e. The molecule has 178 valence electrons. The van der Waals surface area contributed by atoms with Gasteiger partial charge in [0.15, 0.2) is 17.5 Å². The molecule has 4 heterocycles. The summed E-state index contributed by atoms with van der Waals surface area (Å²) in [5, 5.41) is 15.3. The van der Waals surface area contributed by atoms with Crippen molar-refractivity contribution in [1.29, 1.82) is 0 Å². The third-order valence-corrected chi connectivity index (χ3v) is 7.29. The molecule has 0 aliphatic carbocycles. The number of piperazine rings is 1. The maximum atomic E-state index is 13.7. The number of anilines is 2. The number of hydrogen-bond donors (Lipinski definition) is 2. The molecule has 0 saturated carbocycles. The fraction of sp³-hybridized carbons (Fsp3) is 0.375. The Bertz CT molecular complexity index is 1230. The predicted molar refractivity (Wildman–Crippen MR) is 134 cm³/mol. The third-order valence-electron chi connectivity index (χ3n) is 6.05. The van der Waals surface area contributed by atoms with Gasteiger partial charge in [-0.15, -0.1) is 11.8 Å². The molecule has 10 heteroatoms. The molecular weight excluding hydrogens is 451 g/mol. The van der Waals surface area contributed by atoms with Gasteiger partial charge in [-0.1, -0.05) is 12.1 Å². The Morgan fingerprint density at radius 2 is 1.94 bits per heavy atom. The van der Waals surface area contributed by atoms with Gasteiger partial charge in [-0.2, -0.15) is 10.2 Å². The molecule has 1 aromatic carbocycles. The fourth-order valence-corrected chi connectivity index (χ4v) is 5.28. The molecule has 34 heavy (non-hydrogen) atoms. The monoisotopic (exact) mass is 480 g/mol. The lowest BCUT2D eigenvalue weighted by Gasteiger charge is -2.32. The Morgan fingerprint density at radius 1 is 1.15 bits per heavy atom. The first-order valence-electron chi connectivity index (χ1n) is 11.5. The zero-order valence-corrected chi connectivity index (χ0v) is 20.2. The van der Waals surface area contributed by atoms with Gasteiger partial charge < -0.3 is 10.2 Å². The van der Waals surface area contributed by atoms with Crippen molar-refractivity contribution < 1.29 is 4.39 Å². The molecule has 0 radical (unpaired) electrons. The van der Waals surface area contributed by atoms with Crippen LogP contribution in [0.5, 0.6) is 0 Å². The van der Waals surface area contributed by atoms with E-state index in [4.69, 9.17) is 10.1 Å². The number of nitrogens with one attached hydrogen (secondary N) is 2. The number of aryl methyl sites for hydroxylation is 1. The molecule has 2 N–H and O–H groups in total. The number of aromatic nitrogens is 5. The van der Waals surface area contributed by atoms with Crippen molar-refractivity contribution in [3.05, 3.63) is 71.6 Å². The van der Waals surface area contributed by atoms with Crippen LogP contribution in [0.2, 0.25) is 0 Å². The number of halogens is 1. The summed E-state index contributed by atoms with van der Waals surface area (Å²) in [4.78, 5) is 9.78. The van der Waals surface area contributed by atoms with E-state index in [1.807, 2.05) is 48.0 Å². The summed E-state index contributed by atoms with van der Waals surface area (Å²) in [5.74, 6) is 2.75. The van der Waals surface area contributed by atoms with Crippen LogP contribution in [0.1, 0.15) is 22.3 Å². The van der Waals surface area contributed by atoms with Crippen molar-refractivity contribution in [1.82, 2.24) is 34.6 Å². The van der Waals surface area contributed by atoms with E-state index in [1.54, 1.807) is 11.8 Å². The lowest BCUT2D eigenvalue weighted by Crippen LogP contribution is -2.45. The van der Waals surface area contributed by atoms with Gasteiger partial charge >= 0.3 is 0 Å². The van der Waals surface area contributed by atoms with Crippen LogP contribution in [0.3, 0.4) is 0 Å². The van der Waals surface area contributed by atoms with Crippen LogP contribution in [0.15, 0.2) is 48.7 Å². The SMILES string of the molecule is Cc1cc(Nc2nc(C(SCCN3CCN(C)CC3)c3ccc(F)cc3)nn3cccc23)n[nH]1. The lowest BCUT2D eigenvalue weighted by atomic mass is 10.1. The summed E-state index contributed by atoms with van der Waals surface area (Å²) in [6, 6.07) is 12.5. The molecule has 1 atom stereocenters. The minimum absolute atomic E-state index is 0.124. The highest BCUT2D eigenvalue weighted by molar-refractivity contribution is 7.99. The normalized spacial score (nSPS) is 16.2. The van der Waals surface area contributed by atoms with Gasteiger partial charge in [0.25, 0.3) is 0 Å². The number of benzene rings is 1. The lowest BCUT2D eigenvalue weighted by molar-refractivity contribution is 0.161. The molecule has 1 aliphatic heterocycles. The second-order valence-electron chi connectivity index (χ2n) is 8.67. The average molecular weight is 481 g/mol. The van der Waals surface area contributed by atoms with Gasteiger partial charge in [0, 0.05) is 56.4 Å². The van der Waals surface area contributed by atoms with Crippen LogP contribution >= 0.6 is 11.8 Å². The number of nitrogens with zero attached hydrogens (tertiary/aromatic N) is 6. The number of rotatable bonds is 8. The van der Waals surface area contributed by atoms with Gasteiger partial charge in [0.05, 0.1) is 5.25 Å². The molecule has 5 rings (SSSR count). The second kappa shape index (κ2) is 10.1. The van der Waals surface area contributed by atoms with E-state index in [-0.39, 0.29) is 11.1 Å². The first kappa shape index (κ1) is 22.8. The van der Waals surface area contributed by atoms with Crippen LogP contribution in [0, 0.1) is 12.7 Å². The Balaban J connectivity index is 1.42. The van der Waals surface area contributed by atoms with E-state index >= 15 is 0 Å². The minimum Gasteiger partial charge on any atom is -0.322 e. The Labute approximate surface area is 202 Å². The summed E-state index contributed by atoms with van der Waals surface area (Å²) in [6.07, 6.45) is 1.91. The molecule has 3 aromatic heterocycles. The maximum Gasteiger partial charge on any atom is 0.169 e. The van der Waals surface area contributed by atoms with Crippen molar-refractivity contribution in [3.8, 4) is 0 Å². The van der Waals surface area contributed by atoms with Gasteiger partial charge in [-0.25, -0.2) is 13.9 Å². The van der Waals surface area contributed by atoms with Crippen LogP contribution in [-0.2, 0) is 0 Å². The first-order chi connectivity index (χ1) is 16.5.